The number of alkyl halides is 9. The van der Waals surface area contributed by atoms with Crippen molar-refractivity contribution in [1.29, 1.82) is 0 Å². The van der Waals surface area contributed by atoms with Gasteiger partial charge in [-0.3, -0.25) is 44.9 Å². The zero-order valence-electron chi connectivity index (χ0n) is 67.2. The van der Waals surface area contributed by atoms with Crippen molar-refractivity contribution in [2.45, 2.75) is 174 Å². The summed E-state index contributed by atoms with van der Waals surface area (Å²) in [5, 5.41) is 2.15. The Balaban J connectivity index is 0.000000153. The van der Waals surface area contributed by atoms with E-state index in [0.717, 1.165) is 178 Å². The predicted molar refractivity (Wildman–Crippen MR) is 477 cm³/mol. The van der Waals surface area contributed by atoms with Crippen molar-refractivity contribution in [1.82, 2.24) is 0 Å². The monoisotopic (exact) mass is 1840 g/mol. The highest BCUT2D eigenvalue weighted by Crippen LogP contribution is 2.44. The average molecular weight is 1850 g/mol. The van der Waals surface area contributed by atoms with E-state index >= 15 is 0 Å². The molecule has 9 aliphatic heterocycles. The molecule has 0 aromatic heterocycles. The van der Waals surface area contributed by atoms with Gasteiger partial charge in [0.05, 0.1) is 86.0 Å². The molecule has 9 heterocycles. The zero-order chi connectivity index (χ0) is 86.3. The number of hydrogen-bond donors (Lipinski definition) is 0. The minimum atomic E-state index is -4.64. The quantitative estimate of drug-likeness (QED) is 0.163. The van der Waals surface area contributed by atoms with Gasteiger partial charge in [0.25, 0.3) is 0 Å². The number of ether oxygens (including phenoxy) is 3. The standard InChI is InChI=1S/C11H13NO2.C10H10BrN.C10H7ClF3N.3C10H10ClN.C10H8F3NO.C10H8F3N.C9H7BrFN.CH4/c1-7-4-8-5-10(13-2)11(14-3)6-9(8)12-7;1-6-3-8(11)5-10-9(6)4-7(2)12-10;1-5-2-6-3-7(10(12,13)14)8(11)4-9(6)15-5;1-6-3-8(11)5-10-9(6)4-7(2)12-10;1-6-3-8-4-7(2)12-10(8)5-9(6)11;1-6-5-8-7(2)9(11)3-4-10(8)12-6;1-6-4-7-5-8(15-10(11,12)13)2-3-9(7)14-6;1-6-4-7-2-3-8(10(11,12)13)5-9(7)14-6;1-5-2-6-3-8(11)7(10)4-9(6)12-5;/h5-6H,4H2,1-3H3;3,5H,4H2,1-2H3;3-4H,2H2,1H3;2*3,5H,4H2,1-2H3;3-4H,5H2,1-2H3;2-3,5H,4H2,1H3;2-3,5H,4H2,1H3;3-4H,2H2,1H3;1H4. The van der Waals surface area contributed by atoms with Gasteiger partial charge in [0.15, 0.2) is 11.5 Å². The van der Waals surface area contributed by atoms with Crippen LogP contribution < -0.4 is 14.2 Å². The second-order valence-electron chi connectivity index (χ2n) is 29.4. The first kappa shape index (κ1) is 93.7. The van der Waals surface area contributed by atoms with Crippen LogP contribution in [-0.2, 0) is 70.1 Å². The Morgan fingerprint density at radius 3 is 1.28 bits per heavy atom. The topological polar surface area (TPSA) is 139 Å². The van der Waals surface area contributed by atoms with Crippen molar-refractivity contribution in [3.8, 4) is 17.2 Å². The van der Waals surface area contributed by atoms with Crippen molar-refractivity contribution in [3.05, 3.63) is 240 Å². The Kier molecular flexibility index (Phi) is 31.2. The van der Waals surface area contributed by atoms with Crippen LogP contribution in [0, 0.1) is 33.5 Å². The van der Waals surface area contributed by atoms with E-state index in [1.165, 1.54) is 97.7 Å². The van der Waals surface area contributed by atoms with Crippen LogP contribution in [0.15, 0.2) is 175 Å². The van der Waals surface area contributed by atoms with Crippen molar-refractivity contribution in [2.24, 2.45) is 44.9 Å². The molecule has 9 aromatic rings. The van der Waals surface area contributed by atoms with Crippen LogP contribution in [0.2, 0.25) is 20.1 Å². The molecule has 0 saturated carbocycles. The fourth-order valence-electron chi connectivity index (χ4n) is 13.9. The number of aryl methyl sites for hydroxylation is 3. The molecular formula is C91H87Br2Cl4F10N9O3. The lowest BCUT2D eigenvalue weighted by Gasteiger charge is -2.10. The number of benzene rings is 9. The van der Waals surface area contributed by atoms with Crippen LogP contribution in [0.25, 0.3) is 0 Å². The van der Waals surface area contributed by atoms with Gasteiger partial charge in [-0.25, -0.2) is 4.39 Å². The van der Waals surface area contributed by atoms with E-state index in [2.05, 4.69) is 127 Å². The lowest BCUT2D eigenvalue weighted by Crippen LogP contribution is -2.17. The van der Waals surface area contributed by atoms with Crippen LogP contribution >= 0.6 is 78.3 Å². The van der Waals surface area contributed by atoms with Crippen LogP contribution in [0.1, 0.15) is 153 Å². The van der Waals surface area contributed by atoms with Crippen molar-refractivity contribution >= 4 is 181 Å². The third-order valence-electron chi connectivity index (χ3n) is 19.4. The molecule has 0 radical (unpaired) electrons. The number of halogens is 16. The van der Waals surface area contributed by atoms with Gasteiger partial charge in [0, 0.05) is 135 Å². The number of hydrogen-bond acceptors (Lipinski definition) is 12. The summed E-state index contributed by atoms with van der Waals surface area (Å²) in [7, 11) is 3.28. The number of nitrogens with zero attached hydrogens (tertiary/aromatic N) is 9. The first-order chi connectivity index (χ1) is 55.4. The Hall–Kier alpha value is -9.17. The van der Waals surface area contributed by atoms with E-state index in [-0.39, 0.29) is 24.0 Å². The summed E-state index contributed by atoms with van der Waals surface area (Å²) in [5.74, 6) is 1.12. The van der Waals surface area contributed by atoms with Crippen molar-refractivity contribution in [2.75, 3.05) is 14.2 Å². The van der Waals surface area contributed by atoms with E-state index in [4.69, 9.17) is 55.9 Å². The highest BCUT2D eigenvalue weighted by molar-refractivity contribution is 9.10. The summed E-state index contributed by atoms with van der Waals surface area (Å²) >= 11 is 30.0. The first-order valence-corrected chi connectivity index (χ1v) is 40.2. The number of fused-ring (bicyclic) bond motifs is 9. The van der Waals surface area contributed by atoms with Crippen LogP contribution in [-0.4, -0.2) is 72.0 Å². The predicted octanol–water partition coefficient (Wildman–Crippen LogP) is 30.1. The summed E-state index contributed by atoms with van der Waals surface area (Å²) in [4.78, 5) is 38.7. The van der Waals surface area contributed by atoms with Crippen LogP contribution in [0.3, 0.4) is 0 Å². The maximum Gasteiger partial charge on any atom is 0.573 e. The van der Waals surface area contributed by atoms with Gasteiger partial charge in [-0.15, -0.1) is 13.2 Å². The van der Waals surface area contributed by atoms with E-state index in [9.17, 15) is 43.9 Å². The summed E-state index contributed by atoms with van der Waals surface area (Å²) in [6, 6.07) is 33.6. The average Bonchev–Trinajstić information content (AvgIpc) is 1.57. The van der Waals surface area contributed by atoms with Crippen LogP contribution in [0.5, 0.6) is 17.2 Å². The molecule has 0 atom stereocenters. The molecular weight excluding hydrogens is 1760 g/mol. The second-order valence-corrected chi connectivity index (χ2v) is 32.9. The van der Waals surface area contributed by atoms with Crippen LogP contribution in [0.4, 0.5) is 95.1 Å². The smallest absolute Gasteiger partial charge is 0.493 e. The second kappa shape index (κ2) is 39.6. The van der Waals surface area contributed by atoms with Gasteiger partial charge < -0.3 is 14.2 Å². The molecule has 9 aromatic carbocycles. The van der Waals surface area contributed by atoms with Gasteiger partial charge in [-0.05, 0) is 281 Å². The van der Waals surface area contributed by atoms with E-state index in [1.807, 2.05) is 97.9 Å². The maximum atomic E-state index is 13.0. The Morgan fingerprint density at radius 1 is 0.336 bits per heavy atom. The molecule has 0 saturated heterocycles. The number of methoxy groups -OCH3 is 2. The largest absolute Gasteiger partial charge is 0.573 e. The van der Waals surface area contributed by atoms with Gasteiger partial charge in [0.2, 0.25) is 0 Å². The fourth-order valence-corrected chi connectivity index (χ4v) is 15.6. The van der Waals surface area contributed by atoms with Crippen molar-refractivity contribution < 1.29 is 58.1 Å². The van der Waals surface area contributed by atoms with Gasteiger partial charge >= 0.3 is 18.7 Å². The molecule has 0 N–H and O–H groups in total. The molecule has 18 rings (SSSR count). The van der Waals surface area contributed by atoms with Gasteiger partial charge in [0.1, 0.15) is 11.6 Å². The molecule has 12 nitrogen and oxygen atoms in total. The number of rotatable bonds is 3. The molecule has 0 amide bonds. The summed E-state index contributed by atoms with van der Waals surface area (Å²) in [6.45, 7) is 25.9. The molecule has 0 fully saturated rings. The highest BCUT2D eigenvalue weighted by Gasteiger charge is 2.36. The maximum absolute atomic E-state index is 13.0. The fraction of sp³-hybridized carbons (Fsp3) is 0.308. The normalized spacial score (nSPS) is 14.4. The Morgan fingerprint density at radius 2 is 0.748 bits per heavy atom. The molecule has 9 aliphatic rings. The zero-order valence-corrected chi connectivity index (χ0v) is 73.4. The van der Waals surface area contributed by atoms with E-state index in [0.29, 0.717) is 40.7 Å². The number of aliphatic imine (C=N–C) groups is 9. The summed E-state index contributed by atoms with van der Waals surface area (Å²) in [6.07, 6.45) is -5.96. The minimum absolute atomic E-state index is 0. The third-order valence-corrected chi connectivity index (χ3v) is 21.8. The molecule has 28 heteroatoms. The molecule has 0 aliphatic carbocycles. The van der Waals surface area contributed by atoms with Gasteiger partial charge in [-0.1, -0.05) is 81.9 Å². The minimum Gasteiger partial charge on any atom is -0.493 e. The lowest BCUT2D eigenvalue weighted by atomic mass is 10.0. The molecule has 119 heavy (non-hydrogen) atoms. The molecule has 626 valence electrons. The molecule has 0 spiro atoms. The summed E-state index contributed by atoms with van der Waals surface area (Å²) in [5.41, 5.74) is 30.6. The third kappa shape index (κ3) is 25.0. The molecule has 0 unspecified atom stereocenters. The van der Waals surface area contributed by atoms with Gasteiger partial charge in [-0.2, -0.15) is 26.3 Å². The Labute approximate surface area is 723 Å². The first-order valence-electron chi connectivity index (χ1n) is 37.1. The van der Waals surface area contributed by atoms with E-state index in [1.54, 1.807) is 33.3 Å². The SMILES string of the molecule is C.CC1=Nc2cc(Br)c(F)cc2C1.CC1=Nc2cc(Br)cc(C)c2C1.CC1=Nc2cc(C(F)(F)F)ccc2C1.CC1=Nc2cc(Cl)c(C(F)(F)F)cc2C1.CC1=Nc2cc(Cl)c(C)cc2C1.CC1=Nc2cc(Cl)cc(C)c2C1.CC1=Nc2ccc(Cl)c(C)c2C1.CC1=Nc2ccc(OC(F)(F)F)cc2C1.COc1cc2c(cc1OC)N=C(C)C2. The van der Waals surface area contributed by atoms with E-state index < -0.39 is 29.8 Å². The summed E-state index contributed by atoms with van der Waals surface area (Å²) < 4.78 is 139. The molecule has 0 bridgehead atoms. The highest BCUT2D eigenvalue weighted by atomic mass is 79.9. The Bertz CT molecular complexity index is 5580. The van der Waals surface area contributed by atoms with Crippen molar-refractivity contribution in [3.63, 3.8) is 0 Å². The lowest BCUT2D eigenvalue weighted by molar-refractivity contribution is -0.274.